The van der Waals surface area contributed by atoms with E-state index in [-0.39, 0.29) is 0 Å². The maximum Gasteiger partial charge on any atom is 0.0516 e. The summed E-state index contributed by atoms with van der Waals surface area (Å²) >= 11 is 0. The van der Waals surface area contributed by atoms with E-state index >= 15 is 0 Å². The molecule has 0 fully saturated rings. The van der Waals surface area contributed by atoms with Gasteiger partial charge in [-0.15, -0.1) is 0 Å². The normalized spacial score (nSPS) is 16.5. The summed E-state index contributed by atoms with van der Waals surface area (Å²) in [5, 5.41) is 0. The van der Waals surface area contributed by atoms with Gasteiger partial charge >= 0.3 is 0 Å². The second-order valence-electron chi connectivity index (χ2n) is 11.8. The number of hydrogen-bond donors (Lipinski definition) is 0. The molecular weight excluding hydrogens is 504 g/mol. The zero-order valence-electron chi connectivity index (χ0n) is 28.1. The fourth-order valence-electron chi connectivity index (χ4n) is 4.52. The molecule has 0 aromatic carbocycles. The van der Waals surface area contributed by atoms with Gasteiger partial charge in [0.05, 0.1) is 66.1 Å². The van der Waals surface area contributed by atoms with Crippen LogP contribution >= 0.6 is 0 Å². The van der Waals surface area contributed by atoms with Gasteiger partial charge in [-0.1, -0.05) is 61.3 Å². The van der Waals surface area contributed by atoms with Gasteiger partial charge in [0, 0.05) is 42.8 Å². The van der Waals surface area contributed by atoms with Crippen molar-refractivity contribution in [2.45, 2.75) is 107 Å². The fraction of sp³-hybridized carbons (Fsp3) is 1.00. The lowest BCUT2D eigenvalue weighted by molar-refractivity contribution is -0.0225. The average molecular weight is 575 g/mol. The lowest BCUT2D eigenvalue weighted by Crippen LogP contribution is -2.24. The van der Waals surface area contributed by atoms with E-state index in [1.807, 2.05) is 6.92 Å². The first-order valence-corrected chi connectivity index (χ1v) is 17.0. The minimum Gasteiger partial charge on any atom is -0.381 e. The van der Waals surface area contributed by atoms with Crippen LogP contribution in [0.2, 0.25) is 0 Å². The zero-order chi connectivity index (χ0) is 29.8. The highest BCUT2D eigenvalue weighted by Gasteiger charge is 2.15. The topological polar surface area (TPSA) is 55.4 Å². The molecule has 242 valence electrons. The van der Waals surface area contributed by atoms with Gasteiger partial charge in [-0.25, -0.2) is 0 Å². The molecule has 0 amide bonds. The van der Waals surface area contributed by atoms with Gasteiger partial charge in [0.15, 0.2) is 0 Å². The van der Waals surface area contributed by atoms with Crippen molar-refractivity contribution in [2.75, 3.05) is 79.3 Å². The molecule has 0 aliphatic heterocycles. The van der Waals surface area contributed by atoms with Crippen molar-refractivity contribution in [1.82, 2.24) is 0 Å². The second-order valence-corrected chi connectivity index (χ2v) is 11.8. The highest BCUT2D eigenvalue weighted by Crippen LogP contribution is 2.15. The van der Waals surface area contributed by atoms with Crippen LogP contribution in [0.3, 0.4) is 0 Å². The van der Waals surface area contributed by atoms with Crippen LogP contribution in [0.1, 0.15) is 107 Å². The van der Waals surface area contributed by atoms with Crippen molar-refractivity contribution in [3.8, 4) is 0 Å². The molecule has 0 bridgehead atoms. The Morgan fingerprint density at radius 2 is 0.525 bits per heavy atom. The predicted molar refractivity (Wildman–Crippen MR) is 168 cm³/mol. The van der Waals surface area contributed by atoms with Crippen LogP contribution in [0.4, 0.5) is 0 Å². The zero-order valence-corrected chi connectivity index (χ0v) is 28.1. The third kappa shape index (κ3) is 21.5. The third-order valence-corrected chi connectivity index (χ3v) is 8.25. The second kappa shape index (κ2) is 28.9. The van der Waals surface area contributed by atoms with Gasteiger partial charge in [-0.2, -0.15) is 0 Å². The highest BCUT2D eigenvalue weighted by atomic mass is 16.5. The maximum atomic E-state index is 6.15. The first-order chi connectivity index (χ1) is 19.5. The summed E-state index contributed by atoms with van der Waals surface area (Å²) in [7, 11) is 0. The molecule has 6 heteroatoms. The molecule has 40 heavy (non-hydrogen) atoms. The molecule has 0 radical (unpaired) electrons. The Hall–Kier alpha value is -0.240. The van der Waals surface area contributed by atoms with E-state index in [1.165, 1.54) is 19.3 Å². The van der Waals surface area contributed by atoms with Gasteiger partial charge in [0.2, 0.25) is 0 Å². The van der Waals surface area contributed by atoms with Crippen molar-refractivity contribution in [1.29, 1.82) is 0 Å². The maximum absolute atomic E-state index is 6.15. The quantitative estimate of drug-likeness (QED) is 0.0835. The molecule has 0 aromatic rings. The van der Waals surface area contributed by atoms with Crippen molar-refractivity contribution in [2.24, 2.45) is 35.5 Å². The van der Waals surface area contributed by atoms with Crippen LogP contribution in [-0.2, 0) is 28.4 Å². The van der Waals surface area contributed by atoms with E-state index in [4.69, 9.17) is 28.4 Å². The highest BCUT2D eigenvalue weighted by molar-refractivity contribution is 4.63. The summed E-state index contributed by atoms with van der Waals surface area (Å²) in [6.45, 7) is 27.0. The Morgan fingerprint density at radius 1 is 0.300 bits per heavy atom. The van der Waals surface area contributed by atoms with Gasteiger partial charge < -0.3 is 28.4 Å². The number of hydrogen-bond acceptors (Lipinski definition) is 6. The Balaban J connectivity index is 4.15. The number of ether oxygens (including phenoxy) is 6. The van der Waals surface area contributed by atoms with Crippen LogP contribution in [-0.4, -0.2) is 79.3 Å². The first-order valence-electron chi connectivity index (χ1n) is 17.0. The summed E-state index contributed by atoms with van der Waals surface area (Å²) in [6.07, 6.45) is 9.07. The van der Waals surface area contributed by atoms with Crippen molar-refractivity contribution in [3.63, 3.8) is 0 Å². The Kier molecular flexibility index (Phi) is 28.7. The molecule has 0 saturated heterocycles. The smallest absolute Gasteiger partial charge is 0.0516 e. The number of rotatable bonds is 31. The molecule has 0 saturated carbocycles. The van der Waals surface area contributed by atoms with Gasteiger partial charge in [0.25, 0.3) is 0 Å². The predicted octanol–water partition coefficient (Wildman–Crippen LogP) is 8.06. The Labute approximate surface area is 249 Å². The molecule has 6 unspecified atom stereocenters. The van der Waals surface area contributed by atoms with Crippen LogP contribution in [0.5, 0.6) is 0 Å². The molecule has 0 N–H and O–H groups in total. The van der Waals surface area contributed by atoms with E-state index < -0.39 is 0 Å². The molecule has 0 rings (SSSR count). The van der Waals surface area contributed by atoms with E-state index in [0.29, 0.717) is 35.5 Å². The van der Waals surface area contributed by atoms with E-state index in [2.05, 4.69) is 48.5 Å². The lowest BCUT2D eigenvalue weighted by atomic mass is 10.0. The monoisotopic (exact) mass is 575 g/mol. The minimum atomic E-state index is 0.425. The molecule has 0 heterocycles. The average Bonchev–Trinajstić information content (AvgIpc) is 2.98. The molecule has 0 aliphatic carbocycles. The summed E-state index contributed by atoms with van der Waals surface area (Å²) in [5.74, 6) is 2.94. The molecule has 0 spiro atoms. The van der Waals surface area contributed by atoms with Crippen molar-refractivity contribution < 1.29 is 28.4 Å². The summed E-state index contributed by atoms with van der Waals surface area (Å²) in [6, 6.07) is 0. The van der Waals surface area contributed by atoms with Crippen LogP contribution < -0.4 is 0 Å². The first kappa shape index (κ1) is 39.8. The van der Waals surface area contributed by atoms with Gasteiger partial charge in [-0.05, 0) is 51.4 Å². The van der Waals surface area contributed by atoms with Gasteiger partial charge in [-0.3, -0.25) is 0 Å². The van der Waals surface area contributed by atoms with Gasteiger partial charge in [0.1, 0.15) is 0 Å². The largest absolute Gasteiger partial charge is 0.381 e. The van der Waals surface area contributed by atoms with E-state index in [1.54, 1.807) is 0 Å². The molecule has 6 nitrogen and oxygen atoms in total. The molecule has 0 aliphatic rings. The van der Waals surface area contributed by atoms with E-state index in [9.17, 15) is 0 Å². The minimum absolute atomic E-state index is 0.425. The molecule has 0 aromatic heterocycles. The SMILES string of the molecule is CCCC(CC)COCC(CC)COCC(CC)COCC(CC)COCC(CC)COCC(CC)COCC. The third-order valence-electron chi connectivity index (χ3n) is 8.25. The standard InChI is InChI=1S/C34H70O6/c1-9-17-29(10-2)18-36-21-31(12-4)22-38-25-33(14-6)26-40-28-34(15-7)27-39-24-32(13-5)23-37-20-30(11-3)19-35-16-8/h29-34H,9-28H2,1-8H3. The fourth-order valence-corrected chi connectivity index (χ4v) is 4.52. The van der Waals surface area contributed by atoms with E-state index in [0.717, 1.165) is 111 Å². The summed E-state index contributed by atoms with van der Waals surface area (Å²) < 4.78 is 36.0. The van der Waals surface area contributed by atoms with Crippen LogP contribution in [0.15, 0.2) is 0 Å². The molecular formula is C34H70O6. The van der Waals surface area contributed by atoms with Crippen molar-refractivity contribution in [3.05, 3.63) is 0 Å². The van der Waals surface area contributed by atoms with Crippen LogP contribution in [0.25, 0.3) is 0 Å². The van der Waals surface area contributed by atoms with Crippen LogP contribution in [0, 0.1) is 35.5 Å². The lowest BCUT2D eigenvalue weighted by Gasteiger charge is -2.22. The summed E-state index contributed by atoms with van der Waals surface area (Å²) in [5.41, 5.74) is 0. The Bertz CT molecular complexity index is 505. The molecule has 6 atom stereocenters. The Morgan fingerprint density at radius 3 is 0.725 bits per heavy atom. The summed E-state index contributed by atoms with van der Waals surface area (Å²) in [4.78, 5) is 0. The van der Waals surface area contributed by atoms with Crippen molar-refractivity contribution >= 4 is 0 Å².